The lowest BCUT2D eigenvalue weighted by molar-refractivity contribution is 0.412. The lowest BCUT2D eigenvalue weighted by Gasteiger charge is -2.12. The highest BCUT2D eigenvalue weighted by Crippen LogP contribution is 2.33. The van der Waals surface area contributed by atoms with Crippen LogP contribution < -0.4 is 10.1 Å². The number of hydrogen-bond donors (Lipinski definition) is 2. The molecule has 154 valence electrons. The Morgan fingerprint density at radius 2 is 1.83 bits per heavy atom. The van der Waals surface area contributed by atoms with Crippen molar-refractivity contribution < 1.29 is 17.7 Å². The van der Waals surface area contributed by atoms with Gasteiger partial charge in [0.15, 0.2) is 0 Å². The molecule has 0 aliphatic rings. The molecule has 0 saturated heterocycles. The van der Waals surface area contributed by atoms with Crippen molar-refractivity contribution in [1.82, 2.24) is 9.97 Å². The number of hydrogen-bond acceptors (Lipinski definition) is 6. The van der Waals surface area contributed by atoms with Crippen molar-refractivity contribution in [3.8, 4) is 16.9 Å². The molecule has 6 nitrogen and oxygen atoms in total. The number of anilines is 2. The maximum absolute atomic E-state index is 14.4. The van der Waals surface area contributed by atoms with Gasteiger partial charge in [-0.05, 0) is 35.9 Å². The van der Waals surface area contributed by atoms with E-state index in [1.54, 1.807) is 12.1 Å². The molecule has 1 unspecified atom stereocenters. The van der Waals surface area contributed by atoms with Crippen molar-refractivity contribution in [1.29, 1.82) is 4.78 Å². The highest BCUT2D eigenvalue weighted by molar-refractivity contribution is 7.90. The number of nitrogens with one attached hydrogen (secondary N) is 2. The Labute approximate surface area is 169 Å². The van der Waals surface area contributed by atoms with Crippen LogP contribution in [0, 0.1) is 16.4 Å². The fraction of sp³-hybridized carbons (Fsp3) is 0.200. The van der Waals surface area contributed by atoms with Crippen molar-refractivity contribution in [2.45, 2.75) is 13.2 Å². The van der Waals surface area contributed by atoms with E-state index in [2.05, 4.69) is 15.3 Å². The van der Waals surface area contributed by atoms with Crippen LogP contribution in [0.4, 0.5) is 20.4 Å². The molecule has 3 aromatic rings. The maximum Gasteiger partial charge on any atom is 0.149 e. The summed E-state index contributed by atoms with van der Waals surface area (Å²) >= 11 is 0. The molecule has 29 heavy (non-hydrogen) atoms. The van der Waals surface area contributed by atoms with Crippen molar-refractivity contribution >= 4 is 21.4 Å². The summed E-state index contributed by atoms with van der Waals surface area (Å²) < 4.78 is 52.2. The number of halogens is 2. The van der Waals surface area contributed by atoms with E-state index >= 15 is 0 Å². The molecule has 9 heteroatoms. The summed E-state index contributed by atoms with van der Waals surface area (Å²) in [7, 11) is -1.31. The number of pyridine rings is 2. The van der Waals surface area contributed by atoms with Crippen molar-refractivity contribution in [2.24, 2.45) is 0 Å². The largest absolute Gasteiger partial charge is 0.496 e. The molecular weight excluding hydrogens is 398 g/mol. The minimum Gasteiger partial charge on any atom is -0.496 e. The van der Waals surface area contributed by atoms with Gasteiger partial charge in [0.25, 0.3) is 0 Å². The zero-order valence-electron chi connectivity index (χ0n) is 15.2. The van der Waals surface area contributed by atoms with Crippen LogP contribution in [0.1, 0.15) is 13.0 Å². The van der Waals surface area contributed by atoms with Gasteiger partial charge in [-0.2, -0.15) is 0 Å². The molecule has 2 heterocycles. The normalized spacial score (nSPS) is 12.6. The van der Waals surface area contributed by atoms with Crippen LogP contribution in [0.5, 0.6) is 5.75 Å². The van der Waals surface area contributed by atoms with Crippen LogP contribution in [-0.4, -0.2) is 27.5 Å². The topological polar surface area (TPSA) is 88.0 Å². The predicted molar refractivity (Wildman–Crippen MR) is 111 cm³/mol. The molecule has 0 amide bonds. The summed E-state index contributed by atoms with van der Waals surface area (Å²) in [6.45, 7) is 0. The fourth-order valence-electron chi connectivity index (χ4n) is 2.68. The van der Waals surface area contributed by atoms with Gasteiger partial charge in [-0.3, -0.25) is 4.78 Å². The van der Waals surface area contributed by atoms with Crippen LogP contribution >= 0.6 is 0 Å². The average molecular weight is 420 g/mol. The third kappa shape index (κ3) is 5.71. The minimum absolute atomic E-state index is 0. The maximum atomic E-state index is 14.4. The van der Waals surface area contributed by atoms with Gasteiger partial charge < -0.3 is 10.1 Å². The number of rotatable bonds is 6. The Balaban J connectivity index is 0.00000300. The first-order valence-electron chi connectivity index (χ1n) is 8.18. The molecule has 1 atom stereocenters. The Kier molecular flexibility index (Phi) is 6.86. The smallest absolute Gasteiger partial charge is 0.149 e. The molecule has 0 bridgehead atoms. The van der Waals surface area contributed by atoms with E-state index < -0.39 is 21.4 Å². The summed E-state index contributed by atoms with van der Waals surface area (Å²) in [5.41, 5.74) is 1.25. The average Bonchev–Trinajstić information content (AvgIpc) is 2.62. The molecule has 0 fully saturated rings. The molecule has 2 aromatic heterocycles. The van der Waals surface area contributed by atoms with Crippen LogP contribution in [0.2, 0.25) is 0 Å². The Hall–Kier alpha value is -3.07. The minimum atomic E-state index is -2.69. The van der Waals surface area contributed by atoms with E-state index in [1.165, 1.54) is 43.8 Å². The first kappa shape index (κ1) is 22.2. The quantitative estimate of drug-likeness (QED) is 0.587. The highest BCUT2D eigenvalue weighted by Gasteiger charge is 2.14. The molecular formula is C20H22F2N4O2S. The molecule has 0 spiro atoms. The number of benzene rings is 1. The van der Waals surface area contributed by atoms with Gasteiger partial charge in [0.05, 0.1) is 19.1 Å². The van der Waals surface area contributed by atoms with Crippen molar-refractivity contribution in [2.75, 3.05) is 18.7 Å². The van der Waals surface area contributed by atoms with Gasteiger partial charge in [-0.15, -0.1) is 0 Å². The molecule has 1 aromatic carbocycles. The monoisotopic (exact) mass is 420 g/mol. The summed E-state index contributed by atoms with van der Waals surface area (Å²) in [5.74, 6) is -0.0513. The number of nitrogens with zero attached hydrogens (tertiary/aromatic N) is 2. The summed E-state index contributed by atoms with van der Waals surface area (Å²) in [6, 6.07) is 8.63. The Bertz CT molecular complexity index is 1120. The Morgan fingerprint density at radius 1 is 1.10 bits per heavy atom. The summed E-state index contributed by atoms with van der Waals surface area (Å²) in [5, 5.41) is 2.96. The van der Waals surface area contributed by atoms with E-state index in [0.717, 1.165) is 6.20 Å². The van der Waals surface area contributed by atoms with E-state index in [1.807, 2.05) is 0 Å². The first-order valence-corrected chi connectivity index (χ1v) is 10.3. The SMILES string of the molecule is C.COc1cc(F)ccc1-c1cc(Nc2cc(CS(C)(=N)=O)ccn2)ncc1F. The molecule has 2 N–H and O–H groups in total. The third-order valence-electron chi connectivity index (χ3n) is 3.83. The predicted octanol–water partition coefficient (Wildman–Crippen LogP) is 4.99. The standard InChI is InChI=1S/C19H18F2N4O2S.CH4/c1-27-17-8-13(20)3-4-14(17)15-9-19(24-10-16(15)21)25-18-7-12(5-6-23-18)11-28(2,22)26;/h3-10,22H,11H2,1-2H3,(H,23,24,25);1H4. The van der Waals surface area contributed by atoms with Crippen LogP contribution in [-0.2, 0) is 15.5 Å². The van der Waals surface area contributed by atoms with Gasteiger partial charge >= 0.3 is 0 Å². The van der Waals surface area contributed by atoms with Crippen molar-refractivity contribution in [3.05, 3.63) is 66.0 Å². The summed E-state index contributed by atoms with van der Waals surface area (Å²) in [6.07, 6.45) is 3.94. The van der Waals surface area contributed by atoms with Crippen molar-refractivity contribution in [3.63, 3.8) is 0 Å². The number of methoxy groups -OCH3 is 1. The van der Waals surface area contributed by atoms with E-state index in [9.17, 15) is 13.0 Å². The molecule has 0 aliphatic heterocycles. The number of ether oxygens (including phenoxy) is 1. The molecule has 0 saturated carbocycles. The van der Waals surface area contributed by atoms with Gasteiger partial charge in [0.2, 0.25) is 0 Å². The van der Waals surface area contributed by atoms with Gasteiger partial charge in [-0.1, -0.05) is 7.43 Å². The second-order valence-electron chi connectivity index (χ2n) is 6.22. The molecule has 0 radical (unpaired) electrons. The fourth-order valence-corrected chi connectivity index (χ4v) is 3.50. The van der Waals surface area contributed by atoms with Gasteiger partial charge in [0.1, 0.15) is 29.0 Å². The van der Waals surface area contributed by atoms with E-state index in [4.69, 9.17) is 9.52 Å². The lowest BCUT2D eigenvalue weighted by Crippen LogP contribution is -2.02. The van der Waals surface area contributed by atoms with Crippen LogP contribution in [0.15, 0.2) is 48.8 Å². The highest BCUT2D eigenvalue weighted by atomic mass is 32.2. The molecule has 3 rings (SSSR count). The first-order chi connectivity index (χ1) is 13.2. The second-order valence-corrected chi connectivity index (χ2v) is 8.52. The van der Waals surface area contributed by atoms with Gasteiger partial charge in [-0.25, -0.2) is 23.0 Å². The molecule has 0 aliphatic carbocycles. The summed E-state index contributed by atoms with van der Waals surface area (Å²) in [4.78, 5) is 8.16. The van der Waals surface area contributed by atoms with Gasteiger partial charge in [0, 0.05) is 39.4 Å². The van der Waals surface area contributed by atoms with Crippen LogP contribution in [0.25, 0.3) is 11.1 Å². The van der Waals surface area contributed by atoms with Crippen LogP contribution in [0.3, 0.4) is 0 Å². The number of aromatic nitrogens is 2. The zero-order valence-corrected chi connectivity index (χ0v) is 16.0. The lowest BCUT2D eigenvalue weighted by atomic mass is 10.0. The second kappa shape index (κ2) is 8.95. The van der Waals surface area contributed by atoms with E-state index in [-0.39, 0.29) is 24.5 Å². The third-order valence-corrected chi connectivity index (χ3v) is 4.72. The zero-order chi connectivity index (χ0) is 20.3. The Morgan fingerprint density at radius 3 is 2.52 bits per heavy atom. The van der Waals surface area contributed by atoms with E-state index in [0.29, 0.717) is 22.8 Å².